The van der Waals surface area contributed by atoms with Crippen molar-refractivity contribution >= 4 is 40.5 Å². The van der Waals surface area contributed by atoms with E-state index in [2.05, 4.69) is 9.72 Å². The number of nitro groups is 1. The summed E-state index contributed by atoms with van der Waals surface area (Å²) in [4.78, 5) is 40.4. The highest BCUT2D eigenvalue weighted by Gasteiger charge is 2.24. The minimum Gasteiger partial charge on any atom is -0.464 e. The Hall–Kier alpha value is -2.52. The molecule has 1 aromatic carbocycles. The first kappa shape index (κ1) is 19.8. The number of carbonyl (C=O) groups is 2. The largest absolute Gasteiger partial charge is 0.464 e. The Morgan fingerprint density at radius 2 is 2.12 bits per heavy atom. The van der Waals surface area contributed by atoms with Gasteiger partial charge < -0.3 is 9.64 Å². The molecule has 0 radical (unpaired) electrons. The number of halogens is 1. The third kappa shape index (κ3) is 4.36. The first-order valence-corrected chi connectivity index (χ1v) is 8.78. The van der Waals surface area contributed by atoms with Gasteiger partial charge >= 0.3 is 5.97 Å². The van der Waals surface area contributed by atoms with Gasteiger partial charge in [0, 0.05) is 23.1 Å². The molecule has 0 saturated heterocycles. The molecule has 0 unspecified atom stereocenters. The molecule has 0 saturated carbocycles. The van der Waals surface area contributed by atoms with Crippen LogP contribution in [-0.4, -0.2) is 39.8 Å². The zero-order valence-electron chi connectivity index (χ0n) is 14.3. The lowest BCUT2D eigenvalue weighted by molar-refractivity contribution is -0.384. The van der Waals surface area contributed by atoms with Crippen molar-refractivity contribution < 1.29 is 19.2 Å². The van der Waals surface area contributed by atoms with E-state index in [1.165, 1.54) is 35.5 Å². The average molecular weight is 398 g/mol. The monoisotopic (exact) mass is 397 g/mol. The molecule has 1 heterocycles. The van der Waals surface area contributed by atoms with Gasteiger partial charge in [0.2, 0.25) is 0 Å². The first-order valence-electron chi connectivity index (χ1n) is 7.52. The Morgan fingerprint density at radius 1 is 1.42 bits per heavy atom. The second-order valence-corrected chi connectivity index (χ2v) is 6.92. The summed E-state index contributed by atoms with van der Waals surface area (Å²) in [6, 6.07) is 3.73. The number of methoxy groups -OCH3 is 1. The summed E-state index contributed by atoms with van der Waals surface area (Å²) in [7, 11) is 1.26. The fourth-order valence-corrected chi connectivity index (χ4v) is 3.12. The molecule has 0 aliphatic carbocycles. The van der Waals surface area contributed by atoms with E-state index in [0.29, 0.717) is 5.01 Å². The summed E-state index contributed by atoms with van der Waals surface area (Å²) < 4.78 is 4.61. The molecule has 1 aromatic heterocycles. The normalized spacial score (nSPS) is 10.7. The van der Waals surface area contributed by atoms with Crippen molar-refractivity contribution in [1.29, 1.82) is 0 Å². The van der Waals surface area contributed by atoms with Crippen molar-refractivity contribution in [3.63, 3.8) is 0 Å². The van der Waals surface area contributed by atoms with Gasteiger partial charge in [0.25, 0.3) is 11.6 Å². The second-order valence-electron chi connectivity index (χ2n) is 5.57. The van der Waals surface area contributed by atoms with Crippen molar-refractivity contribution in [2.24, 2.45) is 0 Å². The van der Waals surface area contributed by atoms with Crippen LogP contribution in [0.3, 0.4) is 0 Å². The summed E-state index contributed by atoms with van der Waals surface area (Å²) in [6.45, 7) is 3.79. The molecule has 10 heteroatoms. The Kier molecular flexibility index (Phi) is 6.27. The van der Waals surface area contributed by atoms with Crippen LogP contribution in [0.4, 0.5) is 5.69 Å². The molecular formula is C16H16ClN3O5S. The molecule has 0 fully saturated rings. The number of rotatable bonds is 6. The van der Waals surface area contributed by atoms with E-state index in [-0.39, 0.29) is 34.6 Å². The number of carbonyl (C=O) groups excluding carboxylic acids is 2. The molecule has 8 nitrogen and oxygen atoms in total. The number of hydrogen-bond donors (Lipinski definition) is 0. The van der Waals surface area contributed by atoms with Gasteiger partial charge in [-0.25, -0.2) is 9.78 Å². The minimum absolute atomic E-state index is 0.0368. The van der Waals surface area contributed by atoms with Crippen molar-refractivity contribution in [2.45, 2.75) is 26.4 Å². The number of nitrogens with zero attached hydrogens (tertiary/aromatic N) is 3. The Bertz CT molecular complexity index is 852. The van der Waals surface area contributed by atoms with Crippen LogP contribution in [0.1, 0.15) is 39.7 Å². The number of amides is 1. The lowest BCUT2D eigenvalue weighted by Gasteiger charge is -2.26. The predicted octanol–water partition coefficient (Wildman–Crippen LogP) is 3.54. The number of hydrogen-bond acceptors (Lipinski definition) is 7. The standard InChI is InChI=1S/C16H16ClN3O5S/c1-9(2)19(7-14-18-12(8-26-14)16(22)25-3)15(21)10-4-5-11(17)13(6-10)20(23)24/h4-6,8-9H,7H2,1-3H3. The van der Waals surface area contributed by atoms with Gasteiger partial charge in [0.1, 0.15) is 10.0 Å². The van der Waals surface area contributed by atoms with E-state index in [4.69, 9.17) is 11.6 Å². The molecule has 138 valence electrons. The summed E-state index contributed by atoms with van der Waals surface area (Å²) >= 11 is 7.02. The van der Waals surface area contributed by atoms with Crippen molar-refractivity contribution in [3.05, 3.63) is 55.0 Å². The zero-order valence-corrected chi connectivity index (χ0v) is 15.8. The van der Waals surface area contributed by atoms with E-state index in [0.717, 1.165) is 6.07 Å². The summed E-state index contributed by atoms with van der Waals surface area (Å²) in [5.41, 5.74) is -0.00576. The predicted molar refractivity (Wildman–Crippen MR) is 96.6 cm³/mol. The highest BCUT2D eigenvalue weighted by atomic mass is 35.5. The van der Waals surface area contributed by atoms with E-state index >= 15 is 0 Å². The average Bonchev–Trinajstić information content (AvgIpc) is 3.07. The van der Waals surface area contributed by atoms with Crippen LogP contribution in [0, 0.1) is 10.1 Å². The van der Waals surface area contributed by atoms with Crippen LogP contribution in [0.5, 0.6) is 0 Å². The molecule has 2 rings (SSSR count). The smallest absolute Gasteiger partial charge is 0.357 e. The maximum atomic E-state index is 12.8. The Morgan fingerprint density at radius 3 is 2.69 bits per heavy atom. The Balaban J connectivity index is 2.28. The second kappa shape index (κ2) is 8.24. The summed E-state index contributed by atoms with van der Waals surface area (Å²) in [5, 5.41) is 13.1. The van der Waals surface area contributed by atoms with E-state index in [1.807, 2.05) is 13.8 Å². The topological polar surface area (TPSA) is 103 Å². The number of thiazole rings is 1. The molecule has 0 aliphatic heterocycles. The third-order valence-corrected chi connectivity index (χ3v) is 4.68. The SMILES string of the molecule is COC(=O)c1csc(CN(C(=O)c2ccc(Cl)c([N+](=O)[O-])c2)C(C)C)n1. The quantitative estimate of drug-likeness (QED) is 0.419. The van der Waals surface area contributed by atoms with Crippen LogP contribution in [0.2, 0.25) is 5.02 Å². The fourth-order valence-electron chi connectivity index (χ4n) is 2.17. The van der Waals surface area contributed by atoms with Crippen LogP contribution >= 0.6 is 22.9 Å². The molecule has 0 N–H and O–H groups in total. The van der Waals surface area contributed by atoms with Gasteiger partial charge in [0.05, 0.1) is 18.6 Å². The molecule has 0 atom stereocenters. The van der Waals surface area contributed by atoms with Gasteiger partial charge in [-0.05, 0) is 26.0 Å². The van der Waals surface area contributed by atoms with Gasteiger partial charge in [-0.3, -0.25) is 14.9 Å². The number of nitro benzene ring substituents is 1. The van der Waals surface area contributed by atoms with Gasteiger partial charge in [-0.15, -0.1) is 11.3 Å². The molecule has 1 amide bonds. The number of ether oxygens (including phenoxy) is 1. The van der Waals surface area contributed by atoms with E-state index < -0.39 is 16.8 Å². The molecule has 0 spiro atoms. The highest BCUT2D eigenvalue weighted by molar-refractivity contribution is 7.09. The molecule has 26 heavy (non-hydrogen) atoms. The zero-order chi connectivity index (χ0) is 19.4. The molecule has 0 bridgehead atoms. The van der Waals surface area contributed by atoms with Crippen LogP contribution in [0.25, 0.3) is 0 Å². The van der Waals surface area contributed by atoms with Crippen LogP contribution < -0.4 is 0 Å². The lowest BCUT2D eigenvalue weighted by Crippen LogP contribution is -2.36. The lowest BCUT2D eigenvalue weighted by atomic mass is 10.1. The van der Waals surface area contributed by atoms with Crippen LogP contribution in [0.15, 0.2) is 23.6 Å². The number of esters is 1. The summed E-state index contributed by atoms with van der Waals surface area (Å²) in [6.07, 6.45) is 0. The Labute approximate surface area is 158 Å². The molecule has 2 aromatic rings. The van der Waals surface area contributed by atoms with E-state index in [1.54, 1.807) is 5.38 Å². The van der Waals surface area contributed by atoms with Crippen molar-refractivity contribution in [3.8, 4) is 0 Å². The van der Waals surface area contributed by atoms with Gasteiger partial charge in [-0.2, -0.15) is 0 Å². The fraction of sp³-hybridized carbons (Fsp3) is 0.312. The van der Waals surface area contributed by atoms with Crippen molar-refractivity contribution in [2.75, 3.05) is 7.11 Å². The number of benzene rings is 1. The van der Waals surface area contributed by atoms with Crippen molar-refractivity contribution in [1.82, 2.24) is 9.88 Å². The van der Waals surface area contributed by atoms with Crippen LogP contribution in [-0.2, 0) is 11.3 Å². The summed E-state index contributed by atoms with van der Waals surface area (Å²) in [5.74, 6) is -0.946. The highest BCUT2D eigenvalue weighted by Crippen LogP contribution is 2.26. The van der Waals surface area contributed by atoms with Gasteiger partial charge in [-0.1, -0.05) is 11.6 Å². The maximum Gasteiger partial charge on any atom is 0.357 e. The minimum atomic E-state index is -0.637. The molecular weight excluding hydrogens is 382 g/mol. The number of aromatic nitrogens is 1. The van der Waals surface area contributed by atoms with Gasteiger partial charge in [0.15, 0.2) is 5.69 Å². The molecule has 0 aliphatic rings. The van der Waals surface area contributed by atoms with E-state index in [9.17, 15) is 19.7 Å². The maximum absolute atomic E-state index is 12.8. The third-order valence-electron chi connectivity index (χ3n) is 3.53. The first-order chi connectivity index (χ1) is 12.2.